The van der Waals surface area contributed by atoms with E-state index in [-0.39, 0.29) is 5.91 Å². The van der Waals surface area contributed by atoms with Gasteiger partial charge in [-0.3, -0.25) is 10.1 Å². The molecule has 2 aromatic rings. The summed E-state index contributed by atoms with van der Waals surface area (Å²) < 4.78 is 10.8. The van der Waals surface area contributed by atoms with Crippen LogP contribution in [-0.4, -0.2) is 24.1 Å². The van der Waals surface area contributed by atoms with Crippen LogP contribution in [0.2, 0.25) is 0 Å². The molecule has 0 bridgehead atoms. The van der Waals surface area contributed by atoms with E-state index in [1.807, 2.05) is 24.3 Å². The monoisotopic (exact) mass is 332 g/mol. The van der Waals surface area contributed by atoms with Crippen LogP contribution in [0.3, 0.4) is 0 Å². The van der Waals surface area contributed by atoms with Crippen molar-refractivity contribution >= 4 is 22.4 Å². The third-order valence-electron chi connectivity index (χ3n) is 3.83. The molecule has 5 nitrogen and oxygen atoms in total. The average molecular weight is 332 g/mol. The van der Waals surface area contributed by atoms with Crippen LogP contribution in [0.4, 0.5) is 5.13 Å². The highest BCUT2D eigenvalue weighted by Crippen LogP contribution is 2.30. The molecule has 0 saturated carbocycles. The van der Waals surface area contributed by atoms with Crippen LogP contribution in [0.25, 0.3) is 0 Å². The van der Waals surface area contributed by atoms with Crippen LogP contribution in [0.5, 0.6) is 5.75 Å². The molecule has 23 heavy (non-hydrogen) atoms. The lowest BCUT2D eigenvalue weighted by atomic mass is 10.2. The predicted molar refractivity (Wildman–Crippen MR) is 90.0 cm³/mol. The summed E-state index contributed by atoms with van der Waals surface area (Å²) in [4.78, 5) is 18.0. The Morgan fingerprint density at radius 2 is 2.30 bits per heavy atom. The van der Waals surface area contributed by atoms with Crippen molar-refractivity contribution in [2.45, 2.75) is 38.9 Å². The van der Waals surface area contributed by atoms with Crippen molar-refractivity contribution in [3.63, 3.8) is 0 Å². The number of nitrogens with one attached hydrogen (secondary N) is 1. The summed E-state index contributed by atoms with van der Waals surface area (Å²) in [5.41, 5.74) is 2.10. The first-order chi connectivity index (χ1) is 11.2. The molecule has 0 unspecified atom stereocenters. The Kier molecular flexibility index (Phi) is 4.93. The zero-order chi connectivity index (χ0) is 16.2. The second-order valence-electron chi connectivity index (χ2n) is 5.54. The second-order valence-corrected chi connectivity index (χ2v) is 6.62. The van der Waals surface area contributed by atoms with Crippen molar-refractivity contribution < 1.29 is 14.3 Å². The van der Waals surface area contributed by atoms with Crippen molar-refractivity contribution in [2.75, 3.05) is 12.4 Å². The van der Waals surface area contributed by atoms with E-state index < -0.39 is 6.10 Å². The van der Waals surface area contributed by atoms with Crippen molar-refractivity contribution in [2.24, 2.45) is 0 Å². The number of rotatable bonds is 6. The lowest BCUT2D eigenvalue weighted by Crippen LogP contribution is -2.27. The topological polar surface area (TPSA) is 60.5 Å². The minimum Gasteiger partial charge on any atom is -0.497 e. The third kappa shape index (κ3) is 3.89. The molecule has 1 amide bonds. The van der Waals surface area contributed by atoms with Gasteiger partial charge in [-0.25, -0.2) is 4.98 Å². The van der Waals surface area contributed by atoms with Crippen LogP contribution < -0.4 is 10.1 Å². The van der Waals surface area contributed by atoms with Gasteiger partial charge in [0.25, 0.3) is 5.91 Å². The number of aromatic nitrogens is 1. The Balaban J connectivity index is 1.52. The summed E-state index contributed by atoms with van der Waals surface area (Å²) in [6.45, 7) is 2.11. The molecule has 1 aromatic heterocycles. The first kappa shape index (κ1) is 16.0. The summed E-state index contributed by atoms with van der Waals surface area (Å²) in [5.74, 6) is 0.612. The Bertz CT molecular complexity index is 677. The summed E-state index contributed by atoms with van der Waals surface area (Å²) in [7, 11) is 1.63. The Morgan fingerprint density at radius 3 is 3.09 bits per heavy atom. The summed E-state index contributed by atoms with van der Waals surface area (Å²) >= 11 is 1.57. The number of amides is 1. The minimum atomic E-state index is -0.542. The summed E-state index contributed by atoms with van der Waals surface area (Å²) in [6.07, 6.45) is 2.72. The van der Waals surface area contributed by atoms with Gasteiger partial charge in [0, 0.05) is 4.88 Å². The molecule has 1 N–H and O–H groups in total. The van der Waals surface area contributed by atoms with Gasteiger partial charge in [-0.1, -0.05) is 12.1 Å². The largest absolute Gasteiger partial charge is 0.497 e. The van der Waals surface area contributed by atoms with Gasteiger partial charge in [-0.2, -0.15) is 0 Å². The number of carbonyl (C=O) groups excluding carboxylic acids is 1. The number of methoxy groups -OCH3 is 1. The fourth-order valence-electron chi connectivity index (χ4n) is 2.51. The maximum absolute atomic E-state index is 12.2. The fraction of sp³-hybridized carbons (Fsp3) is 0.412. The molecule has 1 heterocycles. The lowest BCUT2D eigenvalue weighted by molar-refractivity contribution is -0.127. The van der Waals surface area contributed by atoms with E-state index in [4.69, 9.17) is 9.47 Å². The van der Waals surface area contributed by atoms with Gasteiger partial charge in [-0.15, -0.1) is 11.3 Å². The number of aryl methyl sites for hydroxylation is 2. The lowest BCUT2D eigenvalue weighted by Gasteiger charge is -2.12. The summed E-state index contributed by atoms with van der Waals surface area (Å²) in [5, 5.41) is 3.53. The Labute approximate surface area is 139 Å². The highest BCUT2D eigenvalue weighted by molar-refractivity contribution is 7.15. The van der Waals surface area contributed by atoms with E-state index in [1.54, 1.807) is 25.4 Å². The second kappa shape index (κ2) is 7.10. The third-order valence-corrected chi connectivity index (χ3v) is 4.90. The van der Waals surface area contributed by atoms with E-state index in [2.05, 4.69) is 10.3 Å². The molecule has 0 aliphatic heterocycles. The van der Waals surface area contributed by atoms with Gasteiger partial charge in [0.05, 0.1) is 19.4 Å². The first-order valence-electron chi connectivity index (χ1n) is 7.69. The number of anilines is 1. The minimum absolute atomic E-state index is 0.166. The number of benzene rings is 1. The van der Waals surface area contributed by atoms with Crippen LogP contribution in [0, 0.1) is 0 Å². The molecule has 0 spiro atoms. The molecule has 0 saturated heterocycles. The Morgan fingerprint density at radius 1 is 1.43 bits per heavy atom. The van der Waals surface area contributed by atoms with E-state index in [1.165, 1.54) is 11.3 Å². The average Bonchev–Trinajstić information content (AvgIpc) is 3.14. The molecule has 1 atom stereocenters. The fourth-order valence-corrected chi connectivity index (χ4v) is 3.56. The van der Waals surface area contributed by atoms with Gasteiger partial charge in [0.15, 0.2) is 5.13 Å². The van der Waals surface area contributed by atoms with Crippen LogP contribution in [0.15, 0.2) is 24.3 Å². The number of hydrogen-bond donors (Lipinski definition) is 1. The quantitative estimate of drug-likeness (QED) is 0.882. The molecule has 0 fully saturated rings. The molecule has 1 aromatic carbocycles. The van der Waals surface area contributed by atoms with Gasteiger partial charge in [0.2, 0.25) is 0 Å². The zero-order valence-corrected chi connectivity index (χ0v) is 14.1. The molecular formula is C17H20N2O3S. The Hall–Kier alpha value is -1.92. The van der Waals surface area contributed by atoms with Crippen molar-refractivity contribution in [3.05, 3.63) is 40.4 Å². The van der Waals surface area contributed by atoms with Crippen LogP contribution >= 0.6 is 11.3 Å². The number of hydrogen-bond acceptors (Lipinski definition) is 5. The number of fused-ring (bicyclic) bond motifs is 1. The molecule has 1 aliphatic carbocycles. The van der Waals surface area contributed by atoms with E-state index in [9.17, 15) is 4.79 Å². The maximum Gasteiger partial charge on any atom is 0.255 e. The molecule has 1 aliphatic rings. The van der Waals surface area contributed by atoms with Gasteiger partial charge in [0.1, 0.15) is 11.9 Å². The number of ether oxygens (including phenoxy) is 2. The van der Waals surface area contributed by atoms with E-state index in [0.29, 0.717) is 11.7 Å². The van der Waals surface area contributed by atoms with Crippen molar-refractivity contribution in [3.8, 4) is 5.75 Å². The molecular weight excluding hydrogens is 312 g/mol. The number of thiazole rings is 1. The van der Waals surface area contributed by atoms with E-state index in [0.717, 1.165) is 29.8 Å². The SMILES string of the molecule is COc1cccc(CO[C@H](C)C(=O)Nc2nc3c(s2)CCC3)c1. The molecule has 6 heteroatoms. The molecule has 122 valence electrons. The first-order valence-corrected chi connectivity index (χ1v) is 8.51. The van der Waals surface area contributed by atoms with Crippen LogP contribution in [-0.2, 0) is 29.0 Å². The van der Waals surface area contributed by atoms with Gasteiger partial charge >= 0.3 is 0 Å². The van der Waals surface area contributed by atoms with Crippen LogP contribution in [0.1, 0.15) is 29.5 Å². The standard InChI is InChI=1S/C17H20N2O3S/c1-11(22-10-12-5-3-6-13(9-12)21-2)16(20)19-17-18-14-7-4-8-15(14)23-17/h3,5-6,9,11H,4,7-8,10H2,1-2H3,(H,18,19,20)/t11-/m1/s1. The van der Waals surface area contributed by atoms with E-state index >= 15 is 0 Å². The van der Waals surface area contributed by atoms with Gasteiger partial charge in [-0.05, 0) is 43.9 Å². The highest BCUT2D eigenvalue weighted by atomic mass is 32.1. The number of nitrogens with zero attached hydrogens (tertiary/aromatic N) is 1. The predicted octanol–water partition coefficient (Wildman–Crippen LogP) is 3.18. The normalized spacial score (nSPS) is 14.3. The van der Waals surface area contributed by atoms with Crippen molar-refractivity contribution in [1.29, 1.82) is 0 Å². The smallest absolute Gasteiger partial charge is 0.255 e. The molecule has 3 rings (SSSR count). The van der Waals surface area contributed by atoms with Crippen molar-refractivity contribution in [1.82, 2.24) is 4.98 Å². The zero-order valence-electron chi connectivity index (χ0n) is 13.3. The maximum atomic E-state index is 12.2. The van der Waals surface area contributed by atoms with Gasteiger partial charge < -0.3 is 9.47 Å². The molecule has 0 radical (unpaired) electrons. The number of carbonyl (C=O) groups is 1. The highest BCUT2D eigenvalue weighted by Gasteiger charge is 2.20. The summed E-state index contributed by atoms with van der Waals surface area (Å²) in [6, 6.07) is 7.62.